The van der Waals surface area contributed by atoms with Crippen molar-refractivity contribution < 1.29 is 9.53 Å². The Morgan fingerprint density at radius 1 is 1.24 bits per heavy atom. The van der Waals surface area contributed by atoms with E-state index in [0.717, 1.165) is 28.6 Å². The predicted octanol–water partition coefficient (Wildman–Crippen LogP) is 3.82. The zero-order valence-electron chi connectivity index (χ0n) is 14.4. The van der Waals surface area contributed by atoms with Crippen LogP contribution in [0.25, 0.3) is 5.13 Å². The molecule has 1 N–H and O–H groups in total. The molecule has 2 heterocycles. The number of aryl methyl sites for hydroxylation is 1. The number of nitrogens with one attached hydrogen (secondary N) is 1. The fraction of sp³-hybridized carbons (Fsp3) is 0.263. The number of nitrogens with zero attached hydrogens (tertiary/aromatic N) is 2. The van der Waals surface area contributed by atoms with Gasteiger partial charge in [-0.15, -0.1) is 0 Å². The smallest absolute Gasteiger partial charge is 0.263 e. The maximum Gasteiger partial charge on any atom is 0.263 e. The summed E-state index contributed by atoms with van der Waals surface area (Å²) in [5.41, 5.74) is 1.83. The number of hydrogen-bond acceptors (Lipinski definition) is 4. The number of ether oxygens (including phenoxy) is 1. The van der Waals surface area contributed by atoms with E-state index in [1.54, 1.807) is 0 Å². The highest BCUT2D eigenvalue weighted by molar-refractivity contribution is 7.16. The molecule has 0 unspecified atom stereocenters. The minimum atomic E-state index is -0.0884. The van der Waals surface area contributed by atoms with Crippen LogP contribution in [0.4, 0.5) is 0 Å². The molecule has 0 bridgehead atoms. The summed E-state index contributed by atoms with van der Waals surface area (Å²) in [6.45, 7) is 5.04. The lowest BCUT2D eigenvalue weighted by molar-refractivity contribution is 0.0954. The monoisotopic (exact) mass is 355 g/mol. The van der Waals surface area contributed by atoms with Crippen LogP contribution >= 0.6 is 11.3 Å². The van der Waals surface area contributed by atoms with E-state index in [9.17, 15) is 4.79 Å². The molecule has 1 aromatic carbocycles. The molecule has 0 aliphatic carbocycles. The van der Waals surface area contributed by atoms with Crippen LogP contribution < -0.4 is 10.1 Å². The number of hydrogen-bond donors (Lipinski definition) is 1. The Bertz CT molecular complexity index is 840. The van der Waals surface area contributed by atoms with E-state index in [1.165, 1.54) is 11.3 Å². The van der Waals surface area contributed by atoms with E-state index in [1.807, 2.05) is 67.2 Å². The van der Waals surface area contributed by atoms with Gasteiger partial charge in [-0.05, 0) is 43.2 Å². The van der Waals surface area contributed by atoms with Crippen molar-refractivity contribution in [3.8, 4) is 10.9 Å². The molecule has 1 amide bonds. The summed E-state index contributed by atoms with van der Waals surface area (Å²) in [5.74, 6) is 0.728. The Labute approximate surface area is 151 Å². The Balaban J connectivity index is 1.72. The van der Waals surface area contributed by atoms with E-state index in [0.29, 0.717) is 18.0 Å². The molecule has 0 fully saturated rings. The molecule has 0 atom stereocenters. The van der Waals surface area contributed by atoms with E-state index in [4.69, 9.17) is 4.74 Å². The molecule has 3 rings (SSSR count). The second kappa shape index (κ2) is 7.98. The lowest BCUT2D eigenvalue weighted by Gasteiger charge is -2.07. The van der Waals surface area contributed by atoms with Crippen molar-refractivity contribution in [1.82, 2.24) is 14.9 Å². The maximum atomic E-state index is 12.6. The maximum absolute atomic E-state index is 12.6. The number of carbonyl (C=O) groups excluding carboxylic acids is 1. The van der Waals surface area contributed by atoms with Gasteiger partial charge in [0.05, 0.1) is 12.3 Å². The Morgan fingerprint density at radius 2 is 2.04 bits per heavy atom. The van der Waals surface area contributed by atoms with Gasteiger partial charge in [0.15, 0.2) is 5.13 Å². The van der Waals surface area contributed by atoms with Gasteiger partial charge in [0.2, 0.25) is 0 Å². The van der Waals surface area contributed by atoms with E-state index >= 15 is 0 Å². The van der Waals surface area contributed by atoms with Gasteiger partial charge in [-0.3, -0.25) is 4.79 Å². The molecule has 130 valence electrons. The number of aromatic nitrogens is 2. The number of carbonyl (C=O) groups is 1. The minimum absolute atomic E-state index is 0.0884. The SMILES string of the molecule is CCOc1cccc(CNC(=O)c2sc(-n3cccc3)nc2CC)c1. The van der Waals surface area contributed by atoms with Gasteiger partial charge in [0, 0.05) is 18.9 Å². The first-order valence-electron chi connectivity index (χ1n) is 8.34. The third-order valence-corrected chi connectivity index (χ3v) is 4.82. The quantitative estimate of drug-likeness (QED) is 0.701. The number of amides is 1. The van der Waals surface area contributed by atoms with Crippen LogP contribution in [0.1, 0.15) is 34.8 Å². The molecular weight excluding hydrogens is 334 g/mol. The Kier molecular flexibility index (Phi) is 5.50. The largest absolute Gasteiger partial charge is 0.494 e. The minimum Gasteiger partial charge on any atom is -0.494 e. The van der Waals surface area contributed by atoms with E-state index < -0.39 is 0 Å². The van der Waals surface area contributed by atoms with Crippen LogP contribution in [0.2, 0.25) is 0 Å². The zero-order valence-corrected chi connectivity index (χ0v) is 15.2. The first-order valence-corrected chi connectivity index (χ1v) is 9.16. The average Bonchev–Trinajstić information content (AvgIpc) is 3.29. The Morgan fingerprint density at radius 3 is 2.76 bits per heavy atom. The lowest BCUT2D eigenvalue weighted by Crippen LogP contribution is -2.22. The third kappa shape index (κ3) is 4.09. The van der Waals surface area contributed by atoms with Gasteiger partial charge < -0.3 is 14.6 Å². The van der Waals surface area contributed by atoms with E-state index in [-0.39, 0.29) is 5.91 Å². The molecule has 0 spiro atoms. The molecule has 2 aromatic heterocycles. The van der Waals surface area contributed by atoms with Gasteiger partial charge in [0.25, 0.3) is 5.91 Å². The van der Waals surface area contributed by atoms with Gasteiger partial charge in [0.1, 0.15) is 10.6 Å². The van der Waals surface area contributed by atoms with Gasteiger partial charge in [-0.1, -0.05) is 30.4 Å². The second-order valence-corrected chi connectivity index (χ2v) is 6.46. The highest BCUT2D eigenvalue weighted by Crippen LogP contribution is 2.23. The lowest BCUT2D eigenvalue weighted by atomic mass is 10.2. The topological polar surface area (TPSA) is 56.1 Å². The molecular formula is C19H21N3O2S. The van der Waals surface area contributed by atoms with Crippen molar-refractivity contribution >= 4 is 17.2 Å². The van der Waals surface area contributed by atoms with Crippen molar-refractivity contribution in [3.63, 3.8) is 0 Å². The van der Waals surface area contributed by atoms with Crippen molar-refractivity contribution in [2.75, 3.05) is 6.61 Å². The fourth-order valence-electron chi connectivity index (χ4n) is 2.50. The summed E-state index contributed by atoms with van der Waals surface area (Å²) in [5, 5.41) is 3.80. The summed E-state index contributed by atoms with van der Waals surface area (Å²) in [7, 11) is 0. The first kappa shape index (κ1) is 17.2. The standard InChI is InChI=1S/C19H21N3O2S/c1-3-16-17(25-19(21-16)22-10-5-6-11-22)18(23)20-13-14-8-7-9-15(12-14)24-4-2/h5-12H,3-4,13H2,1-2H3,(H,20,23). The highest BCUT2D eigenvalue weighted by atomic mass is 32.1. The van der Waals surface area contributed by atoms with Crippen LogP contribution in [-0.4, -0.2) is 22.1 Å². The third-order valence-electron chi connectivity index (χ3n) is 3.72. The van der Waals surface area contributed by atoms with Crippen molar-refractivity contribution in [1.29, 1.82) is 0 Å². The van der Waals surface area contributed by atoms with Crippen LogP contribution in [0.15, 0.2) is 48.8 Å². The van der Waals surface area contributed by atoms with Crippen molar-refractivity contribution in [3.05, 3.63) is 64.9 Å². The van der Waals surface area contributed by atoms with E-state index in [2.05, 4.69) is 10.3 Å². The highest BCUT2D eigenvalue weighted by Gasteiger charge is 2.17. The van der Waals surface area contributed by atoms with Crippen LogP contribution in [-0.2, 0) is 13.0 Å². The van der Waals surface area contributed by atoms with Gasteiger partial charge in [-0.2, -0.15) is 0 Å². The first-order chi connectivity index (χ1) is 12.2. The predicted molar refractivity (Wildman–Crippen MR) is 99.6 cm³/mol. The summed E-state index contributed by atoms with van der Waals surface area (Å²) in [6, 6.07) is 11.7. The Hall–Kier alpha value is -2.60. The van der Waals surface area contributed by atoms with Crippen LogP contribution in [0.3, 0.4) is 0 Å². The number of benzene rings is 1. The number of thiazole rings is 1. The van der Waals surface area contributed by atoms with Crippen LogP contribution in [0, 0.1) is 0 Å². The van der Waals surface area contributed by atoms with Gasteiger partial charge >= 0.3 is 0 Å². The number of rotatable bonds is 7. The van der Waals surface area contributed by atoms with Crippen molar-refractivity contribution in [2.24, 2.45) is 0 Å². The average molecular weight is 355 g/mol. The molecule has 0 saturated heterocycles. The van der Waals surface area contributed by atoms with Gasteiger partial charge in [-0.25, -0.2) is 4.98 Å². The van der Waals surface area contributed by atoms with Crippen molar-refractivity contribution in [2.45, 2.75) is 26.8 Å². The molecule has 6 heteroatoms. The molecule has 0 saturated carbocycles. The molecule has 0 radical (unpaired) electrons. The normalized spacial score (nSPS) is 10.6. The summed E-state index contributed by atoms with van der Waals surface area (Å²) < 4.78 is 7.42. The summed E-state index contributed by atoms with van der Waals surface area (Å²) in [4.78, 5) is 17.9. The molecule has 3 aromatic rings. The fourth-order valence-corrected chi connectivity index (χ4v) is 3.54. The summed E-state index contributed by atoms with van der Waals surface area (Å²) >= 11 is 1.41. The zero-order chi connectivity index (χ0) is 17.6. The van der Waals surface area contributed by atoms with Crippen LogP contribution in [0.5, 0.6) is 5.75 Å². The second-order valence-electron chi connectivity index (χ2n) is 5.48. The molecule has 5 nitrogen and oxygen atoms in total. The molecule has 0 aliphatic rings. The summed E-state index contributed by atoms with van der Waals surface area (Å²) in [6.07, 6.45) is 4.58. The molecule has 25 heavy (non-hydrogen) atoms. The molecule has 0 aliphatic heterocycles.